The molecule has 6 heteroatoms. The number of nitrogens with zero attached hydrogens (tertiary/aromatic N) is 3. The van der Waals surface area contributed by atoms with Gasteiger partial charge in [0.2, 0.25) is 0 Å². The van der Waals surface area contributed by atoms with E-state index in [1.807, 2.05) is 35.7 Å². The average molecular weight is 335 g/mol. The van der Waals surface area contributed by atoms with E-state index in [2.05, 4.69) is 5.10 Å². The Kier molecular flexibility index (Phi) is 5.89. The zero-order valence-corrected chi connectivity index (χ0v) is 14.8. The highest BCUT2D eigenvalue weighted by molar-refractivity contribution is 5.81. The molecule has 3 rings (SSSR count). The van der Waals surface area contributed by atoms with E-state index in [4.69, 9.17) is 9.47 Å². The Bertz CT molecular complexity index is 512. The number of likely N-dealkylation sites (tertiary alicyclic amines) is 1. The van der Waals surface area contributed by atoms with Crippen molar-refractivity contribution >= 4 is 5.91 Å². The first-order valence-corrected chi connectivity index (χ1v) is 9.16. The third-order valence-corrected chi connectivity index (χ3v) is 4.94. The van der Waals surface area contributed by atoms with Gasteiger partial charge in [0.25, 0.3) is 5.91 Å². The fourth-order valence-electron chi connectivity index (χ4n) is 3.58. The molecule has 0 spiro atoms. The summed E-state index contributed by atoms with van der Waals surface area (Å²) in [5, 5.41) is 4.33. The van der Waals surface area contributed by atoms with Crippen LogP contribution in [0.25, 0.3) is 0 Å². The molecule has 24 heavy (non-hydrogen) atoms. The Morgan fingerprint density at radius 1 is 1.38 bits per heavy atom. The number of amides is 1. The molecule has 0 radical (unpaired) electrons. The molecule has 0 unspecified atom stereocenters. The van der Waals surface area contributed by atoms with Crippen LogP contribution in [0, 0.1) is 5.92 Å². The van der Waals surface area contributed by atoms with Crippen molar-refractivity contribution in [2.24, 2.45) is 5.92 Å². The van der Waals surface area contributed by atoms with Gasteiger partial charge in [0.15, 0.2) is 0 Å². The third-order valence-electron chi connectivity index (χ3n) is 4.94. The molecule has 2 aliphatic rings. The number of piperidine rings is 1. The Morgan fingerprint density at radius 2 is 2.25 bits per heavy atom. The zero-order chi connectivity index (χ0) is 16.9. The molecule has 0 N–H and O–H groups in total. The lowest BCUT2D eigenvalue weighted by Gasteiger charge is -2.36. The number of carbonyl (C=O) groups is 1. The first kappa shape index (κ1) is 17.4. The summed E-state index contributed by atoms with van der Waals surface area (Å²) in [6.45, 7) is 6.95. The number of hydrogen-bond donors (Lipinski definition) is 0. The third kappa shape index (κ3) is 4.16. The van der Waals surface area contributed by atoms with E-state index in [1.165, 1.54) is 0 Å². The Hall–Kier alpha value is -1.40. The molecule has 1 aromatic rings. The normalized spacial score (nSPS) is 26.0. The highest BCUT2D eigenvalue weighted by Gasteiger charge is 2.32. The molecule has 1 aromatic heterocycles. The minimum Gasteiger partial charge on any atom is -0.376 e. The van der Waals surface area contributed by atoms with Crippen LogP contribution in [-0.2, 0) is 14.3 Å². The van der Waals surface area contributed by atoms with Crippen molar-refractivity contribution in [2.45, 2.75) is 57.8 Å². The monoisotopic (exact) mass is 335 g/mol. The van der Waals surface area contributed by atoms with Crippen molar-refractivity contribution in [3.63, 3.8) is 0 Å². The van der Waals surface area contributed by atoms with Gasteiger partial charge >= 0.3 is 0 Å². The highest BCUT2D eigenvalue weighted by Crippen LogP contribution is 2.23. The van der Waals surface area contributed by atoms with Crippen LogP contribution in [0.5, 0.6) is 0 Å². The summed E-state index contributed by atoms with van der Waals surface area (Å²) < 4.78 is 13.6. The second kappa shape index (κ2) is 8.12. The predicted molar refractivity (Wildman–Crippen MR) is 90.6 cm³/mol. The fraction of sp³-hybridized carbons (Fsp3) is 0.778. The molecule has 0 saturated carbocycles. The van der Waals surface area contributed by atoms with Crippen molar-refractivity contribution < 1.29 is 14.3 Å². The minimum atomic E-state index is -0.384. The fourth-order valence-corrected chi connectivity index (χ4v) is 3.58. The van der Waals surface area contributed by atoms with Crippen molar-refractivity contribution in [2.75, 3.05) is 26.3 Å². The van der Waals surface area contributed by atoms with Gasteiger partial charge in [-0.05, 0) is 37.7 Å². The smallest absolute Gasteiger partial charge is 0.252 e. The van der Waals surface area contributed by atoms with Crippen LogP contribution in [0.1, 0.15) is 45.6 Å². The Balaban J connectivity index is 1.58. The predicted octanol–water partition coefficient (Wildman–Crippen LogP) is 2.27. The maximum absolute atomic E-state index is 13.0. The van der Waals surface area contributed by atoms with Gasteiger partial charge in [-0.25, -0.2) is 0 Å². The summed E-state index contributed by atoms with van der Waals surface area (Å²) in [6, 6.07) is 2.20. The van der Waals surface area contributed by atoms with Gasteiger partial charge in [-0.15, -0.1) is 0 Å². The van der Waals surface area contributed by atoms with Crippen molar-refractivity contribution in [3.8, 4) is 0 Å². The lowest BCUT2D eigenvalue weighted by Crippen LogP contribution is -2.48. The molecular weight excluding hydrogens is 306 g/mol. The van der Waals surface area contributed by atoms with E-state index in [0.29, 0.717) is 13.2 Å². The van der Waals surface area contributed by atoms with Crippen LogP contribution in [-0.4, -0.2) is 59.1 Å². The number of hydrogen-bond acceptors (Lipinski definition) is 4. The van der Waals surface area contributed by atoms with Crippen molar-refractivity contribution in [1.29, 1.82) is 0 Å². The maximum Gasteiger partial charge on any atom is 0.252 e. The summed E-state index contributed by atoms with van der Waals surface area (Å²) in [4.78, 5) is 14.9. The zero-order valence-electron chi connectivity index (χ0n) is 14.8. The van der Waals surface area contributed by atoms with Crippen LogP contribution in [0.4, 0.5) is 0 Å². The van der Waals surface area contributed by atoms with Gasteiger partial charge in [0.1, 0.15) is 6.10 Å². The van der Waals surface area contributed by atoms with Crippen molar-refractivity contribution in [1.82, 2.24) is 14.7 Å². The number of ether oxygens (including phenoxy) is 2. The number of aromatic nitrogens is 2. The van der Waals surface area contributed by atoms with Gasteiger partial charge in [-0.3, -0.25) is 9.48 Å². The quantitative estimate of drug-likeness (QED) is 0.800. The van der Waals surface area contributed by atoms with Gasteiger partial charge < -0.3 is 14.4 Å². The first-order valence-electron chi connectivity index (χ1n) is 9.16. The molecule has 0 aliphatic carbocycles. The molecular formula is C18H29N3O3. The summed E-state index contributed by atoms with van der Waals surface area (Å²) in [5.74, 6) is 0.267. The second-order valence-corrected chi connectivity index (χ2v) is 7.20. The summed E-state index contributed by atoms with van der Waals surface area (Å²) in [5.41, 5.74) is 0. The van der Waals surface area contributed by atoms with Crippen molar-refractivity contribution in [3.05, 3.63) is 18.5 Å². The molecule has 3 heterocycles. The summed E-state index contributed by atoms with van der Waals surface area (Å²) >= 11 is 0. The lowest BCUT2D eigenvalue weighted by atomic mass is 10.0. The van der Waals surface area contributed by atoms with Crippen LogP contribution < -0.4 is 0 Å². The number of carbonyl (C=O) groups excluding carboxylic acids is 1. The van der Waals surface area contributed by atoms with Gasteiger partial charge in [-0.2, -0.15) is 5.10 Å². The SMILES string of the molecule is CC(C)[C@H](OC[C@H]1CCCO1)C(=O)N1CCC[C@H](n2cccn2)C1. The molecule has 2 aliphatic heterocycles. The van der Waals surface area contributed by atoms with Crippen LogP contribution in [0.2, 0.25) is 0 Å². The van der Waals surface area contributed by atoms with Crippen LogP contribution >= 0.6 is 0 Å². The molecule has 134 valence electrons. The molecule has 2 fully saturated rings. The van der Waals surface area contributed by atoms with Gasteiger partial charge in [0.05, 0.1) is 18.8 Å². The van der Waals surface area contributed by atoms with E-state index in [9.17, 15) is 4.79 Å². The average Bonchev–Trinajstić information content (AvgIpc) is 3.28. The molecule has 3 atom stereocenters. The molecule has 2 saturated heterocycles. The van der Waals surface area contributed by atoms with Gasteiger partial charge in [-0.1, -0.05) is 13.8 Å². The molecule has 0 aromatic carbocycles. The van der Waals surface area contributed by atoms with Crippen LogP contribution in [0.3, 0.4) is 0 Å². The largest absolute Gasteiger partial charge is 0.376 e. The second-order valence-electron chi connectivity index (χ2n) is 7.20. The lowest BCUT2D eigenvalue weighted by molar-refractivity contribution is -0.151. The molecule has 1 amide bonds. The Labute approximate surface area is 144 Å². The molecule has 0 bridgehead atoms. The van der Waals surface area contributed by atoms with E-state index < -0.39 is 0 Å². The van der Waals surface area contributed by atoms with Crippen LogP contribution in [0.15, 0.2) is 18.5 Å². The maximum atomic E-state index is 13.0. The topological polar surface area (TPSA) is 56.6 Å². The molecule has 6 nitrogen and oxygen atoms in total. The standard InChI is InChI=1S/C18H29N3O3/c1-14(2)17(24-13-16-7-4-11-23-16)18(22)20-9-3-6-15(12-20)21-10-5-8-19-21/h5,8,10,14-17H,3-4,6-7,9,11-13H2,1-2H3/t15-,16+,17-/m0/s1. The van der Waals surface area contributed by atoms with E-state index >= 15 is 0 Å². The summed E-state index contributed by atoms with van der Waals surface area (Å²) in [7, 11) is 0. The highest BCUT2D eigenvalue weighted by atomic mass is 16.5. The Morgan fingerprint density at radius 3 is 2.92 bits per heavy atom. The van der Waals surface area contributed by atoms with Gasteiger partial charge in [0, 0.05) is 32.1 Å². The number of rotatable bonds is 6. The van der Waals surface area contributed by atoms with E-state index in [-0.39, 0.29) is 30.1 Å². The summed E-state index contributed by atoms with van der Waals surface area (Å²) in [6.07, 6.45) is 7.73. The van der Waals surface area contributed by atoms with E-state index in [1.54, 1.807) is 6.20 Å². The van der Waals surface area contributed by atoms with E-state index in [0.717, 1.165) is 38.8 Å². The first-order chi connectivity index (χ1) is 11.6. The minimum absolute atomic E-state index is 0.111.